The first-order chi connectivity index (χ1) is 9.71. The molecule has 114 valence electrons. The van der Waals surface area contributed by atoms with Gasteiger partial charge in [0.2, 0.25) is 5.91 Å². The molecular formula is C17H30N2O. The molecule has 3 aliphatic carbocycles. The van der Waals surface area contributed by atoms with Crippen molar-refractivity contribution in [3.05, 3.63) is 0 Å². The SMILES string of the molecule is CNC1(CC(=O)NCC2CC3CCC2C3)CCCCC1. The second-order valence-electron chi connectivity index (χ2n) is 7.51. The van der Waals surface area contributed by atoms with Crippen molar-refractivity contribution >= 4 is 5.91 Å². The summed E-state index contributed by atoms with van der Waals surface area (Å²) in [7, 11) is 2.02. The molecule has 3 atom stereocenters. The molecule has 2 bridgehead atoms. The molecular weight excluding hydrogens is 248 g/mol. The van der Waals surface area contributed by atoms with Gasteiger partial charge in [-0.3, -0.25) is 4.79 Å². The summed E-state index contributed by atoms with van der Waals surface area (Å²) in [5.41, 5.74) is 0.0804. The number of rotatable bonds is 5. The molecule has 3 rings (SSSR count). The van der Waals surface area contributed by atoms with Crippen LogP contribution >= 0.6 is 0 Å². The van der Waals surface area contributed by atoms with E-state index in [1.54, 1.807) is 0 Å². The highest BCUT2D eigenvalue weighted by atomic mass is 16.1. The Balaban J connectivity index is 1.44. The van der Waals surface area contributed by atoms with E-state index >= 15 is 0 Å². The average molecular weight is 278 g/mol. The van der Waals surface area contributed by atoms with Gasteiger partial charge in [-0.05, 0) is 56.9 Å². The van der Waals surface area contributed by atoms with E-state index < -0.39 is 0 Å². The summed E-state index contributed by atoms with van der Waals surface area (Å²) < 4.78 is 0. The molecule has 20 heavy (non-hydrogen) atoms. The lowest BCUT2D eigenvalue weighted by Gasteiger charge is -2.36. The number of nitrogens with one attached hydrogen (secondary N) is 2. The maximum Gasteiger partial charge on any atom is 0.221 e. The Morgan fingerprint density at radius 1 is 1.15 bits per heavy atom. The zero-order valence-corrected chi connectivity index (χ0v) is 12.9. The van der Waals surface area contributed by atoms with Crippen LogP contribution in [0.15, 0.2) is 0 Å². The van der Waals surface area contributed by atoms with Crippen LogP contribution in [0.1, 0.15) is 64.2 Å². The number of carbonyl (C=O) groups excluding carboxylic acids is 1. The number of carbonyl (C=O) groups is 1. The van der Waals surface area contributed by atoms with E-state index in [4.69, 9.17) is 0 Å². The molecule has 0 heterocycles. The Kier molecular flexibility index (Phi) is 4.34. The second kappa shape index (κ2) is 6.05. The van der Waals surface area contributed by atoms with Gasteiger partial charge in [-0.1, -0.05) is 25.7 Å². The predicted octanol–water partition coefficient (Wildman–Crippen LogP) is 2.85. The predicted molar refractivity (Wildman–Crippen MR) is 81.4 cm³/mol. The minimum Gasteiger partial charge on any atom is -0.356 e. The van der Waals surface area contributed by atoms with Crippen molar-refractivity contribution in [2.24, 2.45) is 17.8 Å². The van der Waals surface area contributed by atoms with Gasteiger partial charge < -0.3 is 10.6 Å². The third-order valence-electron chi connectivity index (χ3n) is 6.29. The van der Waals surface area contributed by atoms with E-state index in [0.717, 1.165) is 37.1 Å². The molecule has 2 N–H and O–H groups in total. The number of hydrogen-bond donors (Lipinski definition) is 2. The topological polar surface area (TPSA) is 41.1 Å². The molecule has 3 fully saturated rings. The first-order valence-corrected chi connectivity index (χ1v) is 8.66. The maximum atomic E-state index is 12.3. The van der Waals surface area contributed by atoms with Crippen LogP contribution in [0.25, 0.3) is 0 Å². The lowest BCUT2D eigenvalue weighted by molar-refractivity contribution is -0.123. The molecule has 0 radical (unpaired) electrons. The van der Waals surface area contributed by atoms with Crippen molar-refractivity contribution in [2.75, 3.05) is 13.6 Å². The summed E-state index contributed by atoms with van der Waals surface area (Å²) in [5.74, 6) is 2.93. The molecule has 0 aromatic rings. The molecule has 3 aliphatic rings. The highest BCUT2D eigenvalue weighted by Gasteiger charge is 2.39. The molecule has 3 heteroatoms. The van der Waals surface area contributed by atoms with Crippen molar-refractivity contribution in [3.8, 4) is 0 Å². The molecule has 0 aromatic carbocycles. The van der Waals surface area contributed by atoms with Crippen LogP contribution in [-0.2, 0) is 4.79 Å². The first kappa shape index (κ1) is 14.4. The molecule has 3 saturated carbocycles. The smallest absolute Gasteiger partial charge is 0.221 e. The summed E-state index contributed by atoms with van der Waals surface area (Å²) >= 11 is 0. The Bertz CT molecular complexity index is 349. The number of hydrogen-bond acceptors (Lipinski definition) is 2. The molecule has 3 nitrogen and oxygen atoms in total. The molecule has 0 aromatic heterocycles. The van der Waals surface area contributed by atoms with Crippen LogP contribution in [-0.4, -0.2) is 25.0 Å². The van der Waals surface area contributed by atoms with Gasteiger partial charge in [0.05, 0.1) is 0 Å². The van der Waals surface area contributed by atoms with Crippen molar-refractivity contribution in [1.29, 1.82) is 0 Å². The zero-order valence-electron chi connectivity index (χ0n) is 12.9. The minimum atomic E-state index is 0.0804. The summed E-state index contributed by atoms with van der Waals surface area (Å²) in [6.07, 6.45) is 12.5. The Labute approximate surface area is 123 Å². The Hall–Kier alpha value is -0.570. The lowest BCUT2D eigenvalue weighted by Crippen LogP contribution is -2.48. The van der Waals surface area contributed by atoms with Gasteiger partial charge in [-0.25, -0.2) is 0 Å². The number of amides is 1. The van der Waals surface area contributed by atoms with Gasteiger partial charge in [-0.2, -0.15) is 0 Å². The van der Waals surface area contributed by atoms with E-state index in [-0.39, 0.29) is 11.4 Å². The largest absolute Gasteiger partial charge is 0.356 e. The standard InChI is InChI=1S/C17H30N2O/c1-18-17(7-3-2-4-8-17)11-16(20)19-12-15-10-13-5-6-14(15)9-13/h13-15,18H,2-12H2,1H3,(H,19,20). The summed E-state index contributed by atoms with van der Waals surface area (Å²) in [4.78, 5) is 12.3. The van der Waals surface area contributed by atoms with Crippen molar-refractivity contribution < 1.29 is 4.79 Å². The van der Waals surface area contributed by atoms with Gasteiger partial charge in [0.25, 0.3) is 0 Å². The van der Waals surface area contributed by atoms with Crippen molar-refractivity contribution in [1.82, 2.24) is 10.6 Å². The maximum absolute atomic E-state index is 12.3. The van der Waals surface area contributed by atoms with Gasteiger partial charge in [0, 0.05) is 18.5 Å². The molecule has 0 saturated heterocycles. The van der Waals surface area contributed by atoms with Crippen LogP contribution < -0.4 is 10.6 Å². The van der Waals surface area contributed by atoms with Gasteiger partial charge in [-0.15, -0.1) is 0 Å². The van der Waals surface area contributed by atoms with Crippen LogP contribution in [0.4, 0.5) is 0 Å². The van der Waals surface area contributed by atoms with Crippen LogP contribution in [0, 0.1) is 17.8 Å². The van der Waals surface area contributed by atoms with Crippen molar-refractivity contribution in [2.45, 2.75) is 69.7 Å². The monoisotopic (exact) mass is 278 g/mol. The fourth-order valence-electron chi connectivity index (χ4n) is 4.98. The van der Waals surface area contributed by atoms with E-state index in [9.17, 15) is 4.79 Å². The van der Waals surface area contributed by atoms with E-state index in [0.29, 0.717) is 6.42 Å². The van der Waals surface area contributed by atoms with Crippen LogP contribution in [0.3, 0.4) is 0 Å². The highest BCUT2D eigenvalue weighted by Crippen LogP contribution is 2.47. The minimum absolute atomic E-state index is 0.0804. The fourth-order valence-corrected chi connectivity index (χ4v) is 4.98. The first-order valence-electron chi connectivity index (χ1n) is 8.66. The third-order valence-corrected chi connectivity index (χ3v) is 6.29. The molecule has 1 amide bonds. The zero-order chi connectivity index (χ0) is 14.0. The summed E-state index contributed by atoms with van der Waals surface area (Å²) in [5, 5.41) is 6.68. The fraction of sp³-hybridized carbons (Fsp3) is 0.941. The van der Waals surface area contributed by atoms with Crippen molar-refractivity contribution in [3.63, 3.8) is 0 Å². The lowest BCUT2D eigenvalue weighted by atomic mass is 9.79. The average Bonchev–Trinajstić information content (AvgIpc) is 3.08. The molecule has 0 spiro atoms. The van der Waals surface area contributed by atoms with Gasteiger partial charge >= 0.3 is 0 Å². The summed E-state index contributed by atoms with van der Waals surface area (Å²) in [6.45, 7) is 0.930. The van der Waals surface area contributed by atoms with Crippen LogP contribution in [0.2, 0.25) is 0 Å². The third kappa shape index (κ3) is 3.03. The quantitative estimate of drug-likeness (QED) is 0.812. The number of fused-ring (bicyclic) bond motifs is 2. The van der Waals surface area contributed by atoms with E-state index in [1.165, 1.54) is 44.9 Å². The molecule has 0 aliphatic heterocycles. The summed E-state index contributed by atoms with van der Waals surface area (Å²) in [6, 6.07) is 0. The van der Waals surface area contributed by atoms with Crippen LogP contribution in [0.5, 0.6) is 0 Å². The normalized spacial score (nSPS) is 35.1. The Morgan fingerprint density at radius 2 is 1.95 bits per heavy atom. The van der Waals surface area contributed by atoms with Gasteiger partial charge in [0.15, 0.2) is 0 Å². The van der Waals surface area contributed by atoms with Gasteiger partial charge in [0.1, 0.15) is 0 Å². The molecule has 3 unspecified atom stereocenters. The highest BCUT2D eigenvalue weighted by molar-refractivity contribution is 5.77. The second-order valence-corrected chi connectivity index (χ2v) is 7.51. The Morgan fingerprint density at radius 3 is 2.55 bits per heavy atom. The van der Waals surface area contributed by atoms with E-state index in [1.807, 2.05) is 7.05 Å². The van der Waals surface area contributed by atoms with E-state index in [2.05, 4.69) is 10.6 Å².